The number of nitrogens with zero attached hydrogens (tertiary/aromatic N) is 4. The van der Waals surface area contributed by atoms with Gasteiger partial charge in [0.25, 0.3) is 5.91 Å². The Bertz CT molecular complexity index is 901. The number of aliphatic carboxylic acids is 1. The zero-order valence-electron chi connectivity index (χ0n) is 13.0. The van der Waals surface area contributed by atoms with E-state index in [1.54, 1.807) is 23.0 Å². The summed E-state index contributed by atoms with van der Waals surface area (Å²) < 4.78 is 3.91. The van der Waals surface area contributed by atoms with Crippen LogP contribution in [-0.2, 0) is 17.9 Å². The summed E-state index contributed by atoms with van der Waals surface area (Å²) in [6, 6.07) is 8.85. The highest BCUT2D eigenvalue weighted by Crippen LogP contribution is 2.13. The van der Waals surface area contributed by atoms with E-state index in [1.807, 2.05) is 18.3 Å². The first-order valence-electron chi connectivity index (χ1n) is 7.33. The molecule has 0 aliphatic carbocycles. The van der Waals surface area contributed by atoms with E-state index in [0.29, 0.717) is 12.2 Å². The second-order valence-corrected chi connectivity index (χ2v) is 6.22. The summed E-state index contributed by atoms with van der Waals surface area (Å²) in [5.41, 5.74) is 1.83. The summed E-state index contributed by atoms with van der Waals surface area (Å²) in [6.07, 6.45) is 5.05. The molecule has 3 aromatic rings. The van der Waals surface area contributed by atoms with Crippen LogP contribution in [0.5, 0.6) is 0 Å². The molecular formula is C16H14BrN5O3. The number of nitrogens with one attached hydrogen (secondary N) is 1. The van der Waals surface area contributed by atoms with Crippen molar-refractivity contribution in [1.29, 1.82) is 0 Å². The molecule has 0 bridgehead atoms. The smallest absolute Gasteiger partial charge is 0.325 e. The van der Waals surface area contributed by atoms with Crippen LogP contribution in [0.15, 0.2) is 53.4 Å². The molecule has 0 atom stereocenters. The molecule has 0 unspecified atom stereocenters. The molecule has 8 nitrogen and oxygen atoms in total. The lowest BCUT2D eigenvalue weighted by molar-refractivity contribution is -0.137. The lowest BCUT2D eigenvalue weighted by Crippen LogP contribution is -2.15. The maximum atomic E-state index is 12.1. The number of benzene rings is 1. The summed E-state index contributed by atoms with van der Waals surface area (Å²) in [7, 11) is 0. The quantitative estimate of drug-likeness (QED) is 0.656. The first-order valence-corrected chi connectivity index (χ1v) is 8.12. The van der Waals surface area contributed by atoms with Gasteiger partial charge in [0.2, 0.25) is 0 Å². The minimum atomic E-state index is -1.02. The highest BCUT2D eigenvalue weighted by Gasteiger charge is 2.11. The molecule has 0 fully saturated rings. The number of carboxylic acid groups (broad SMARTS) is 1. The van der Waals surface area contributed by atoms with Gasteiger partial charge in [-0.2, -0.15) is 10.2 Å². The van der Waals surface area contributed by atoms with Crippen molar-refractivity contribution in [3.63, 3.8) is 0 Å². The van der Waals surface area contributed by atoms with Crippen LogP contribution in [0, 0.1) is 0 Å². The van der Waals surface area contributed by atoms with Gasteiger partial charge in [-0.15, -0.1) is 0 Å². The lowest BCUT2D eigenvalue weighted by atomic mass is 10.2. The van der Waals surface area contributed by atoms with Crippen molar-refractivity contribution in [3.8, 4) is 0 Å². The number of amides is 1. The normalized spacial score (nSPS) is 10.6. The molecule has 0 spiro atoms. The van der Waals surface area contributed by atoms with Crippen molar-refractivity contribution in [2.24, 2.45) is 0 Å². The van der Waals surface area contributed by atoms with Gasteiger partial charge in [-0.1, -0.05) is 12.1 Å². The van der Waals surface area contributed by atoms with Crippen molar-refractivity contribution < 1.29 is 14.7 Å². The van der Waals surface area contributed by atoms with Crippen molar-refractivity contribution in [3.05, 3.63) is 64.7 Å². The number of carboxylic acids is 1. The van der Waals surface area contributed by atoms with E-state index < -0.39 is 11.9 Å². The van der Waals surface area contributed by atoms with Gasteiger partial charge < -0.3 is 10.4 Å². The monoisotopic (exact) mass is 403 g/mol. The molecule has 3 rings (SSSR count). The summed E-state index contributed by atoms with van der Waals surface area (Å²) >= 11 is 3.35. The highest BCUT2D eigenvalue weighted by molar-refractivity contribution is 9.10. The molecule has 1 amide bonds. The molecule has 2 N–H and O–H groups in total. The standard InChI is InChI=1S/C16H14BrN5O3/c17-12-7-18-22(9-12)8-11-1-3-13(4-2-11)19-16(25)14-5-6-21(20-14)10-15(23)24/h1-7,9H,8,10H2,(H,19,25)(H,23,24). The van der Waals surface area contributed by atoms with Crippen molar-refractivity contribution in [2.75, 3.05) is 5.32 Å². The maximum Gasteiger partial charge on any atom is 0.325 e. The van der Waals surface area contributed by atoms with Crippen LogP contribution in [0.25, 0.3) is 0 Å². The summed E-state index contributed by atoms with van der Waals surface area (Å²) in [4.78, 5) is 22.8. The minimum absolute atomic E-state index is 0.159. The first-order chi connectivity index (χ1) is 12.0. The first kappa shape index (κ1) is 16.9. The summed E-state index contributed by atoms with van der Waals surface area (Å²) in [5.74, 6) is -1.41. The van der Waals surface area contributed by atoms with Crippen LogP contribution in [0.2, 0.25) is 0 Å². The van der Waals surface area contributed by atoms with E-state index in [1.165, 1.54) is 16.9 Å². The zero-order valence-corrected chi connectivity index (χ0v) is 14.5. The third-order valence-corrected chi connectivity index (χ3v) is 3.74. The Morgan fingerprint density at radius 1 is 1.16 bits per heavy atom. The number of hydrogen-bond donors (Lipinski definition) is 2. The van der Waals surface area contributed by atoms with Crippen LogP contribution < -0.4 is 5.32 Å². The van der Waals surface area contributed by atoms with Crippen molar-refractivity contribution in [1.82, 2.24) is 19.6 Å². The van der Waals surface area contributed by atoms with Gasteiger partial charge in [-0.25, -0.2) is 0 Å². The van der Waals surface area contributed by atoms with E-state index >= 15 is 0 Å². The molecule has 0 aliphatic rings. The molecule has 0 aliphatic heterocycles. The van der Waals surface area contributed by atoms with Gasteiger partial charge in [0.05, 0.1) is 17.2 Å². The number of aromatic nitrogens is 4. The molecule has 25 heavy (non-hydrogen) atoms. The Morgan fingerprint density at radius 3 is 2.56 bits per heavy atom. The van der Waals surface area contributed by atoms with Gasteiger partial charge >= 0.3 is 5.97 Å². The Hall–Kier alpha value is -2.94. The average Bonchev–Trinajstić information content (AvgIpc) is 3.18. The van der Waals surface area contributed by atoms with Gasteiger partial charge in [0.1, 0.15) is 6.54 Å². The third kappa shape index (κ3) is 4.54. The van der Waals surface area contributed by atoms with E-state index in [2.05, 4.69) is 31.4 Å². The summed E-state index contributed by atoms with van der Waals surface area (Å²) in [6.45, 7) is 0.338. The Balaban J connectivity index is 1.61. The van der Waals surface area contributed by atoms with Crippen LogP contribution in [0.3, 0.4) is 0 Å². The van der Waals surface area contributed by atoms with E-state index in [4.69, 9.17) is 5.11 Å². The Morgan fingerprint density at radius 2 is 1.92 bits per heavy atom. The number of halogens is 1. The van der Waals surface area contributed by atoms with Gasteiger partial charge in [0, 0.05) is 18.1 Å². The molecule has 1 aromatic carbocycles. The van der Waals surface area contributed by atoms with Crippen molar-refractivity contribution in [2.45, 2.75) is 13.1 Å². The fourth-order valence-electron chi connectivity index (χ4n) is 2.21. The fourth-order valence-corrected chi connectivity index (χ4v) is 2.54. The maximum absolute atomic E-state index is 12.1. The highest BCUT2D eigenvalue weighted by atomic mass is 79.9. The zero-order chi connectivity index (χ0) is 17.8. The van der Waals surface area contributed by atoms with E-state index in [9.17, 15) is 9.59 Å². The predicted octanol–water partition coefficient (Wildman–Crippen LogP) is 2.23. The lowest BCUT2D eigenvalue weighted by Gasteiger charge is -2.06. The summed E-state index contributed by atoms with van der Waals surface area (Å²) in [5, 5.41) is 19.6. The van der Waals surface area contributed by atoms with Crippen LogP contribution in [0.1, 0.15) is 16.1 Å². The molecule has 0 radical (unpaired) electrons. The number of hydrogen-bond acceptors (Lipinski definition) is 4. The molecule has 2 aromatic heterocycles. The molecule has 0 saturated carbocycles. The molecule has 0 saturated heterocycles. The second kappa shape index (κ2) is 7.31. The van der Waals surface area contributed by atoms with E-state index in [0.717, 1.165) is 10.0 Å². The van der Waals surface area contributed by atoms with Gasteiger partial charge in [0.15, 0.2) is 5.69 Å². The van der Waals surface area contributed by atoms with Crippen molar-refractivity contribution >= 4 is 33.5 Å². The average molecular weight is 404 g/mol. The predicted molar refractivity (Wildman–Crippen MR) is 93.3 cm³/mol. The third-order valence-electron chi connectivity index (χ3n) is 3.33. The van der Waals surface area contributed by atoms with Crippen LogP contribution >= 0.6 is 15.9 Å². The van der Waals surface area contributed by atoms with E-state index in [-0.39, 0.29) is 12.2 Å². The molecule has 2 heterocycles. The van der Waals surface area contributed by atoms with Crippen LogP contribution in [-0.4, -0.2) is 36.5 Å². The second-order valence-electron chi connectivity index (χ2n) is 5.30. The molecule has 9 heteroatoms. The largest absolute Gasteiger partial charge is 0.480 e. The number of carbonyl (C=O) groups excluding carboxylic acids is 1. The SMILES string of the molecule is O=C(O)Cn1ccc(C(=O)Nc2ccc(Cn3cc(Br)cn3)cc2)n1. The minimum Gasteiger partial charge on any atom is -0.480 e. The number of anilines is 1. The molecule has 128 valence electrons. The molecular weight excluding hydrogens is 390 g/mol. The topological polar surface area (TPSA) is 102 Å². The number of rotatable bonds is 6. The van der Waals surface area contributed by atoms with Crippen LogP contribution in [0.4, 0.5) is 5.69 Å². The Labute approximate surface area is 151 Å². The van der Waals surface area contributed by atoms with Gasteiger partial charge in [-0.3, -0.25) is 19.0 Å². The Kier molecular flexibility index (Phi) is 4.94. The number of carbonyl (C=O) groups is 2. The van der Waals surface area contributed by atoms with Gasteiger partial charge in [-0.05, 0) is 39.7 Å². The fraction of sp³-hybridized carbons (Fsp3) is 0.125.